The van der Waals surface area contributed by atoms with Gasteiger partial charge in [-0.25, -0.2) is 9.48 Å². The highest BCUT2D eigenvalue weighted by molar-refractivity contribution is 5.77. The van der Waals surface area contributed by atoms with Gasteiger partial charge in [-0.05, 0) is 31.4 Å². The summed E-state index contributed by atoms with van der Waals surface area (Å²) in [6, 6.07) is 8.49. The fourth-order valence-electron chi connectivity index (χ4n) is 2.60. The molecule has 124 valence electrons. The highest BCUT2D eigenvalue weighted by Crippen LogP contribution is 2.17. The molecule has 0 amide bonds. The molecule has 2 rings (SSSR count). The van der Waals surface area contributed by atoms with Crippen LogP contribution in [0, 0.1) is 12.8 Å². The average molecular weight is 317 g/mol. The average Bonchev–Trinajstić information content (AvgIpc) is 2.70. The van der Waals surface area contributed by atoms with Crippen molar-refractivity contribution in [2.75, 3.05) is 5.32 Å². The lowest BCUT2D eigenvalue weighted by Crippen LogP contribution is -2.33. The first-order valence-corrected chi connectivity index (χ1v) is 7.66. The molecule has 1 aromatic heterocycles. The van der Waals surface area contributed by atoms with Gasteiger partial charge in [0.25, 0.3) is 5.56 Å². The van der Waals surface area contributed by atoms with Gasteiger partial charge in [-0.2, -0.15) is 0 Å². The van der Waals surface area contributed by atoms with Crippen LogP contribution in [-0.4, -0.2) is 26.5 Å². The Morgan fingerprint density at radius 3 is 2.39 bits per heavy atom. The highest BCUT2D eigenvalue weighted by Gasteiger charge is 2.23. The lowest BCUT2D eigenvalue weighted by molar-refractivity contribution is -0.138. The van der Waals surface area contributed by atoms with Crippen LogP contribution in [0.4, 0.5) is 5.69 Å². The summed E-state index contributed by atoms with van der Waals surface area (Å²) in [4.78, 5) is 24.2. The molecule has 1 aromatic carbocycles. The van der Waals surface area contributed by atoms with E-state index in [-0.39, 0.29) is 11.5 Å². The molecule has 1 atom stereocenters. The Kier molecular flexibility index (Phi) is 4.93. The first-order valence-electron chi connectivity index (χ1n) is 7.66. The lowest BCUT2D eigenvalue weighted by Gasteiger charge is -2.16. The number of nitrogens with one attached hydrogen (secondary N) is 1. The molecule has 1 heterocycles. The zero-order chi connectivity index (χ0) is 17.1. The maximum Gasteiger partial charge on any atom is 0.326 e. The number of para-hydroxylation sites is 1. The number of benzene rings is 1. The second-order valence-electron chi connectivity index (χ2n) is 6.10. The number of aromatic nitrogens is 2. The Labute approximate surface area is 135 Å². The van der Waals surface area contributed by atoms with Crippen LogP contribution in [0.3, 0.4) is 0 Å². The molecule has 0 bridgehead atoms. The van der Waals surface area contributed by atoms with Crippen molar-refractivity contribution < 1.29 is 9.90 Å². The first kappa shape index (κ1) is 16.9. The molecule has 2 N–H and O–H groups in total. The number of nitrogens with zero attached hydrogens (tertiary/aromatic N) is 2. The molecule has 0 unspecified atom stereocenters. The molecule has 0 spiro atoms. The topological polar surface area (TPSA) is 76.3 Å². The number of hydrogen-bond acceptors (Lipinski definition) is 3. The van der Waals surface area contributed by atoms with Gasteiger partial charge in [0.05, 0.1) is 11.4 Å². The van der Waals surface area contributed by atoms with Gasteiger partial charge in [-0.3, -0.25) is 9.48 Å². The van der Waals surface area contributed by atoms with Crippen LogP contribution in [0.2, 0.25) is 0 Å². The van der Waals surface area contributed by atoms with E-state index in [9.17, 15) is 14.7 Å². The third-order valence-corrected chi connectivity index (χ3v) is 3.88. The zero-order valence-corrected chi connectivity index (χ0v) is 13.9. The molecule has 0 fully saturated rings. The van der Waals surface area contributed by atoms with Gasteiger partial charge < -0.3 is 10.4 Å². The van der Waals surface area contributed by atoms with E-state index in [2.05, 4.69) is 5.32 Å². The van der Waals surface area contributed by atoms with Gasteiger partial charge in [0.15, 0.2) is 0 Å². The zero-order valence-electron chi connectivity index (χ0n) is 13.9. The summed E-state index contributed by atoms with van der Waals surface area (Å²) in [7, 11) is 1.78. The van der Waals surface area contributed by atoms with Crippen molar-refractivity contribution in [3.63, 3.8) is 0 Å². The molecule has 0 aliphatic heterocycles. The van der Waals surface area contributed by atoms with Crippen LogP contribution in [-0.2, 0) is 11.8 Å². The number of hydrogen-bond donors (Lipinski definition) is 2. The van der Waals surface area contributed by atoms with Crippen LogP contribution < -0.4 is 10.9 Å². The van der Waals surface area contributed by atoms with Gasteiger partial charge in [-0.15, -0.1) is 0 Å². The van der Waals surface area contributed by atoms with Crippen molar-refractivity contribution in [1.82, 2.24) is 9.36 Å². The Hall–Kier alpha value is -2.50. The summed E-state index contributed by atoms with van der Waals surface area (Å²) in [5.74, 6) is -0.739. The van der Waals surface area contributed by atoms with Crippen LogP contribution in [0.5, 0.6) is 0 Å². The number of rotatable bonds is 6. The summed E-state index contributed by atoms with van der Waals surface area (Å²) >= 11 is 0. The van der Waals surface area contributed by atoms with Gasteiger partial charge >= 0.3 is 5.97 Å². The monoisotopic (exact) mass is 317 g/mol. The minimum absolute atomic E-state index is 0.212. The smallest absolute Gasteiger partial charge is 0.326 e. The summed E-state index contributed by atoms with van der Waals surface area (Å²) in [6.07, 6.45) is 0.453. The molecular weight excluding hydrogens is 294 g/mol. The predicted molar refractivity (Wildman–Crippen MR) is 90.2 cm³/mol. The van der Waals surface area contributed by atoms with Crippen LogP contribution in [0.1, 0.15) is 26.0 Å². The Bertz CT molecular complexity index is 744. The maximum absolute atomic E-state index is 12.7. The first-order chi connectivity index (χ1) is 10.8. The van der Waals surface area contributed by atoms with Gasteiger partial charge in [-0.1, -0.05) is 32.0 Å². The number of aliphatic carboxylic acids is 1. The molecule has 0 aliphatic carbocycles. The minimum atomic E-state index is -0.951. The van der Waals surface area contributed by atoms with Crippen LogP contribution in [0.15, 0.2) is 35.1 Å². The van der Waals surface area contributed by atoms with Crippen molar-refractivity contribution in [3.05, 3.63) is 46.4 Å². The largest absolute Gasteiger partial charge is 0.480 e. The second-order valence-corrected chi connectivity index (χ2v) is 6.10. The Balaban J connectivity index is 2.45. The van der Waals surface area contributed by atoms with Crippen molar-refractivity contribution in [2.24, 2.45) is 13.0 Å². The van der Waals surface area contributed by atoms with E-state index < -0.39 is 12.0 Å². The van der Waals surface area contributed by atoms with Crippen molar-refractivity contribution in [2.45, 2.75) is 33.2 Å². The molecule has 2 aromatic rings. The number of anilines is 1. The molecule has 0 saturated heterocycles. The molecule has 6 heteroatoms. The summed E-state index contributed by atoms with van der Waals surface area (Å²) in [5.41, 5.74) is 1.54. The van der Waals surface area contributed by atoms with E-state index in [4.69, 9.17) is 0 Å². The summed E-state index contributed by atoms with van der Waals surface area (Å²) in [5, 5.41) is 12.3. The SMILES string of the molecule is Cc1c(N[C@@H](CC(C)C)C(=O)O)c(=O)n(-c2ccccc2)n1C. The summed E-state index contributed by atoms with van der Waals surface area (Å²) in [6.45, 7) is 5.72. The Morgan fingerprint density at radius 2 is 1.87 bits per heavy atom. The predicted octanol–water partition coefficient (Wildman–Crippen LogP) is 2.40. The fraction of sp³-hybridized carbons (Fsp3) is 0.412. The fourth-order valence-corrected chi connectivity index (χ4v) is 2.60. The molecule has 0 aliphatic rings. The normalized spacial score (nSPS) is 12.4. The highest BCUT2D eigenvalue weighted by atomic mass is 16.4. The lowest BCUT2D eigenvalue weighted by atomic mass is 10.0. The van der Waals surface area contributed by atoms with Crippen molar-refractivity contribution in [1.29, 1.82) is 0 Å². The standard InChI is InChI=1S/C17H23N3O3/c1-11(2)10-14(17(22)23)18-15-12(3)19(4)20(16(15)21)13-8-6-5-7-9-13/h5-9,11,14,18H,10H2,1-4H3,(H,22,23)/t14-/m0/s1. The van der Waals surface area contributed by atoms with E-state index in [1.165, 1.54) is 4.68 Å². The van der Waals surface area contributed by atoms with E-state index in [0.717, 1.165) is 5.69 Å². The molecule has 0 radical (unpaired) electrons. The quantitative estimate of drug-likeness (QED) is 0.858. The van der Waals surface area contributed by atoms with E-state index in [1.54, 1.807) is 18.7 Å². The van der Waals surface area contributed by atoms with Gasteiger partial charge in [0.1, 0.15) is 11.7 Å². The number of carbonyl (C=O) groups is 1. The molecule has 6 nitrogen and oxygen atoms in total. The molecular formula is C17H23N3O3. The van der Waals surface area contributed by atoms with E-state index in [1.807, 2.05) is 44.2 Å². The summed E-state index contributed by atoms with van der Waals surface area (Å²) < 4.78 is 3.26. The van der Waals surface area contributed by atoms with E-state index >= 15 is 0 Å². The third-order valence-electron chi connectivity index (χ3n) is 3.88. The molecule has 23 heavy (non-hydrogen) atoms. The van der Waals surface area contributed by atoms with Crippen molar-refractivity contribution >= 4 is 11.7 Å². The van der Waals surface area contributed by atoms with Gasteiger partial charge in [0, 0.05) is 7.05 Å². The van der Waals surface area contributed by atoms with Gasteiger partial charge in [0.2, 0.25) is 0 Å². The number of carboxylic acid groups (broad SMARTS) is 1. The number of carboxylic acids is 1. The van der Waals surface area contributed by atoms with Crippen LogP contribution in [0.25, 0.3) is 5.69 Å². The van der Waals surface area contributed by atoms with Crippen molar-refractivity contribution in [3.8, 4) is 5.69 Å². The Morgan fingerprint density at radius 1 is 1.26 bits per heavy atom. The van der Waals surface area contributed by atoms with E-state index in [0.29, 0.717) is 17.8 Å². The second kappa shape index (κ2) is 6.73. The third kappa shape index (κ3) is 3.47. The minimum Gasteiger partial charge on any atom is -0.480 e. The maximum atomic E-state index is 12.7. The molecule has 0 saturated carbocycles. The van der Waals surface area contributed by atoms with Crippen LogP contribution >= 0.6 is 0 Å².